The first-order chi connectivity index (χ1) is 24.7. The number of rotatable bonds is 6. The first-order valence-corrected chi connectivity index (χ1v) is 17.8. The minimum Gasteiger partial charge on any atom is -0.359 e. The monoisotopic (exact) mass is 659 g/mol. The van der Waals surface area contributed by atoms with Crippen LogP contribution in [0.2, 0.25) is 0 Å². The van der Waals surface area contributed by atoms with E-state index >= 15 is 0 Å². The van der Waals surface area contributed by atoms with Gasteiger partial charge in [0.05, 0.1) is 17.4 Å². The number of benzene rings is 6. The van der Waals surface area contributed by atoms with Crippen molar-refractivity contribution in [2.75, 3.05) is 0 Å². The SMILES string of the molecule is CC1=C(c2ccc(-c3nccc4sc5ccc(-c6cccc(-c7ccccc7)c6)cc5c34)cc2)N=C(c2ccccc2)NC1c1ccccc1. The fraction of sp³-hybridized carbons (Fsp3) is 0.0435. The summed E-state index contributed by atoms with van der Waals surface area (Å²) >= 11 is 1.82. The molecule has 0 amide bonds. The first-order valence-electron chi connectivity index (χ1n) is 16.9. The molecule has 238 valence electrons. The minimum atomic E-state index is 0.0220. The lowest BCUT2D eigenvalue weighted by Gasteiger charge is -2.29. The molecule has 3 nitrogen and oxygen atoms in total. The number of hydrogen-bond donors (Lipinski definition) is 1. The van der Waals surface area contributed by atoms with Crippen molar-refractivity contribution in [3.05, 3.63) is 192 Å². The summed E-state index contributed by atoms with van der Waals surface area (Å²) in [5, 5.41) is 6.15. The molecule has 0 spiro atoms. The van der Waals surface area contributed by atoms with Gasteiger partial charge in [-0.15, -0.1) is 11.3 Å². The topological polar surface area (TPSA) is 37.3 Å². The van der Waals surface area contributed by atoms with Crippen molar-refractivity contribution >= 4 is 43.0 Å². The van der Waals surface area contributed by atoms with Crippen LogP contribution in [0.1, 0.15) is 29.7 Å². The zero-order valence-corrected chi connectivity index (χ0v) is 28.4. The molecule has 1 aliphatic heterocycles. The fourth-order valence-corrected chi connectivity index (χ4v) is 8.13. The minimum absolute atomic E-state index is 0.0220. The second-order valence-corrected chi connectivity index (χ2v) is 13.8. The van der Waals surface area contributed by atoms with Gasteiger partial charge in [0.1, 0.15) is 5.84 Å². The maximum Gasteiger partial charge on any atom is 0.134 e. The number of hydrogen-bond acceptors (Lipinski definition) is 4. The molecule has 50 heavy (non-hydrogen) atoms. The Morgan fingerprint density at radius 2 is 1.12 bits per heavy atom. The molecule has 9 rings (SSSR count). The van der Waals surface area contributed by atoms with Crippen molar-refractivity contribution in [2.45, 2.75) is 13.0 Å². The van der Waals surface area contributed by atoms with Crippen LogP contribution in [0.15, 0.2) is 181 Å². The third-order valence-corrected chi connectivity index (χ3v) is 10.7. The summed E-state index contributed by atoms with van der Waals surface area (Å²) in [5.41, 5.74) is 12.5. The molecule has 1 aliphatic rings. The molecule has 0 aliphatic carbocycles. The highest BCUT2D eigenvalue weighted by Crippen LogP contribution is 2.41. The Morgan fingerprint density at radius 3 is 1.86 bits per heavy atom. The van der Waals surface area contributed by atoms with E-state index in [2.05, 4.69) is 170 Å². The average Bonchev–Trinajstić information content (AvgIpc) is 3.57. The molecule has 4 heteroatoms. The number of fused-ring (bicyclic) bond motifs is 3. The molecular weight excluding hydrogens is 627 g/mol. The molecule has 0 saturated carbocycles. The van der Waals surface area contributed by atoms with Crippen LogP contribution in [0.25, 0.3) is 59.4 Å². The fourth-order valence-electron chi connectivity index (χ4n) is 7.04. The third kappa shape index (κ3) is 5.50. The van der Waals surface area contributed by atoms with E-state index in [0.717, 1.165) is 33.9 Å². The molecule has 2 aromatic heterocycles. The summed E-state index contributed by atoms with van der Waals surface area (Å²) in [6.07, 6.45) is 1.94. The predicted octanol–water partition coefficient (Wildman–Crippen LogP) is 12.0. The second kappa shape index (κ2) is 12.7. The van der Waals surface area contributed by atoms with Gasteiger partial charge in [0.15, 0.2) is 0 Å². The molecule has 1 N–H and O–H groups in total. The van der Waals surface area contributed by atoms with Gasteiger partial charge in [0.25, 0.3) is 0 Å². The van der Waals surface area contributed by atoms with E-state index in [-0.39, 0.29) is 6.04 Å². The van der Waals surface area contributed by atoms with Crippen molar-refractivity contribution in [3.63, 3.8) is 0 Å². The molecule has 8 aromatic rings. The standard InChI is InChI=1S/C46H33N3S/c1-30-43(32-14-7-3-8-15-32)48-46(35-16-9-4-10-17-35)49-44(30)33-20-22-34(23-21-33)45-42-39-29-38(24-25-40(39)50-41(42)26-27-47-45)37-19-11-18-36(28-37)31-12-5-2-6-13-31/h2-29,43H,1H3,(H,48,49). The summed E-state index contributed by atoms with van der Waals surface area (Å²) in [4.78, 5) is 10.2. The highest BCUT2D eigenvalue weighted by molar-refractivity contribution is 7.25. The van der Waals surface area contributed by atoms with E-state index in [4.69, 9.17) is 9.98 Å². The van der Waals surface area contributed by atoms with Gasteiger partial charge in [-0.1, -0.05) is 140 Å². The smallest absolute Gasteiger partial charge is 0.134 e. The molecule has 6 aromatic carbocycles. The third-order valence-electron chi connectivity index (χ3n) is 9.61. The van der Waals surface area contributed by atoms with Gasteiger partial charge in [-0.3, -0.25) is 4.98 Å². The summed E-state index contributed by atoms with van der Waals surface area (Å²) in [7, 11) is 0. The van der Waals surface area contributed by atoms with Gasteiger partial charge < -0.3 is 5.32 Å². The normalized spacial score (nSPS) is 14.5. The number of nitrogens with zero attached hydrogens (tertiary/aromatic N) is 2. The first kappa shape index (κ1) is 30.0. The van der Waals surface area contributed by atoms with Gasteiger partial charge in [-0.05, 0) is 64.6 Å². The van der Waals surface area contributed by atoms with Crippen LogP contribution < -0.4 is 5.32 Å². The molecule has 0 saturated heterocycles. The van der Waals surface area contributed by atoms with Crippen LogP contribution >= 0.6 is 11.3 Å². The van der Waals surface area contributed by atoms with Crippen molar-refractivity contribution < 1.29 is 0 Å². The zero-order valence-electron chi connectivity index (χ0n) is 27.5. The van der Waals surface area contributed by atoms with Crippen molar-refractivity contribution in [3.8, 4) is 33.5 Å². The van der Waals surface area contributed by atoms with Crippen LogP contribution in [0.3, 0.4) is 0 Å². The van der Waals surface area contributed by atoms with E-state index in [1.165, 1.54) is 53.6 Å². The Kier molecular flexibility index (Phi) is 7.64. The number of amidine groups is 1. The van der Waals surface area contributed by atoms with Gasteiger partial charge in [-0.2, -0.15) is 0 Å². The predicted molar refractivity (Wildman–Crippen MR) is 211 cm³/mol. The zero-order chi connectivity index (χ0) is 33.4. The Labute approximate surface area is 296 Å². The lowest BCUT2D eigenvalue weighted by atomic mass is 9.93. The number of aliphatic imine (C=N–C) groups is 1. The molecule has 3 heterocycles. The molecule has 0 bridgehead atoms. The quantitative estimate of drug-likeness (QED) is 0.193. The van der Waals surface area contributed by atoms with Gasteiger partial charge in [0.2, 0.25) is 0 Å². The second-order valence-electron chi connectivity index (χ2n) is 12.7. The van der Waals surface area contributed by atoms with Gasteiger partial charge in [-0.25, -0.2) is 4.99 Å². The largest absolute Gasteiger partial charge is 0.359 e. The summed E-state index contributed by atoms with van der Waals surface area (Å²) < 4.78 is 2.50. The van der Waals surface area contributed by atoms with Gasteiger partial charge in [0, 0.05) is 43.1 Å². The summed E-state index contributed by atoms with van der Waals surface area (Å²) in [6, 6.07) is 58.2. The number of aromatic nitrogens is 1. The van der Waals surface area contributed by atoms with Crippen LogP contribution in [0.5, 0.6) is 0 Å². The molecule has 0 fully saturated rings. The van der Waals surface area contributed by atoms with Gasteiger partial charge >= 0.3 is 0 Å². The highest BCUT2D eigenvalue weighted by Gasteiger charge is 2.25. The number of thiophene rings is 1. The van der Waals surface area contributed by atoms with Crippen molar-refractivity contribution in [1.29, 1.82) is 0 Å². The van der Waals surface area contributed by atoms with Crippen molar-refractivity contribution in [2.24, 2.45) is 4.99 Å². The van der Waals surface area contributed by atoms with E-state index in [1.54, 1.807) is 0 Å². The van der Waals surface area contributed by atoms with E-state index in [9.17, 15) is 0 Å². The Bertz CT molecular complexity index is 2550. The Morgan fingerprint density at radius 1 is 0.520 bits per heavy atom. The highest BCUT2D eigenvalue weighted by atomic mass is 32.1. The van der Waals surface area contributed by atoms with Crippen LogP contribution in [0.4, 0.5) is 0 Å². The van der Waals surface area contributed by atoms with E-state index in [0.29, 0.717) is 0 Å². The lowest BCUT2D eigenvalue weighted by molar-refractivity contribution is 0.733. The molecular formula is C46H33N3S. The summed E-state index contributed by atoms with van der Waals surface area (Å²) in [6.45, 7) is 2.19. The Hall–Kier alpha value is -6.10. The lowest BCUT2D eigenvalue weighted by Crippen LogP contribution is -2.33. The van der Waals surface area contributed by atoms with E-state index < -0.39 is 0 Å². The molecule has 1 unspecified atom stereocenters. The van der Waals surface area contributed by atoms with Crippen LogP contribution in [-0.2, 0) is 0 Å². The summed E-state index contributed by atoms with van der Waals surface area (Å²) in [5.74, 6) is 0.880. The number of pyridine rings is 1. The molecule has 1 atom stereocenters. The number of nitrogens with one attached hydrogen (secondary N) is 1. The Balaban J connectivity index is 1.11. The molecule has 0 radical (unpaired) electrons. The van der Waals surface area contributed by atoms with Crippen molar-refractivity contribution in [1.82, 2.24) is 10.3 Å². The van der Waals surface area contributed by atoms with E-state index in [1.807, 2.05) is 23.6 Å². The average molecular weight is 660 g/mol. The maximum absolute atomic E-state index is 5.20. The van der Waals surface area contributed by atoms with Crippen LogP contribution in [0, 0.1) is 0 Å². The van der Waals surface area contributed by atoms with Crippen LogP contribution in [-0.4, -0.2) is 10.8 Å². The maximum atomic E-state index is 5.20.